The van der Waals surface area contributed by atoms with Gasteiger partial charge in [0, 0.05) is 36.9 Å². The minimum absolute atomic E-state index is 0.0791. The van der Waals surface area contributed by atoms with Gasteiger partial charge in [-0.2, -0.15) is 0 Å². The molecule has 226 valence electrons. The number of imidazole rings is 1. The van der Waals surface area contributed by atoms with Crippen LogP contribution in [0.25, 0.3) is 33.9 Å². The van der Waals surface area contributed by atoms with Crippen molar-refractivity contribution in [3.05, 3.63) is 91.0 Å². The molecular weight excluding hydrogens is 538 g/mol. The standard InChI is InChI=1S/C36H43N3O4/c1-36(2)42-32-29(41-35(40-3)33(32)43-36)25-37-23-15-4-5-16-24-39-31(27-19-11-7-12-20-27)30(26-17-9-6-10-18-26)38-34(39)28-21-13-8-14-22-28/h6-14,17-22,29,32-33,35,37H,4-5,15-16,23-25H2,1-3H3/t29-,32-,33-,35-/m1/s1. The fourth-order valence-corrected chi connectivity index (χ4v) is 6.28. The largest absolute Gasteiger partial charge is 0.353 e. The van der Waals surface area contributed by atoms with Crippen LogP contribution in [0, 0.1) is 0 Å². The average molecular weight is 582 g/mol. The zero-order valence-corrected chi connectivity index (χ0v) is 25.4. The Morgan fingerprint density at radius 3 is 2.05 bits per heavy atom. The minimum Gasteiger partial charge on any atom is -0.353 e. The van der Waals surface area contributed by atoms with Gasteiger partial charge in [-0.25, -0.2) is 4.98 Å². The van der Waals surface area contributed by atoms with Crippen molar-refractivity contribution in [1.29, 1.82) is 0 Å². The van der Waals surface area contributed by atoms with Crippen LogP contribution < -0.4 is 5.32 Å². The molecule has 1 N–H and O–H groups in total. The average Bonchev–Trinajstić information content (AvgIpc) is 3.68. The Morgan fingerprint density at radius 1 is 0.767 bits per heavy atom. The van der Waals surface area contributed by atoms with Gasteiger partial charge in [-0.1, -0.05) is 104 Å². The number of rotatable bonds is 13. The normalized spacial score (nSPS) is 22.6. The van der Waals surface area contributed by atoms with E-state index in [1.54, 1.807) is 7.11 Å². The molecule has 4 aromatic rings. The number of methoxy groups -OCH3 is 1. The first kappa shape index (κ1) is 29.7. The van der Waals surface area contributed by atoms with E-state index >= 15 is 0 Å². The predicted octanol–water partition coefficient (Wildman–Crippen LogP) is 6.93. The summed E-state index contributed by atoms with van der Waals surface area (Å²) in [5, 5.41) is 3.57. The molecule has 7 nitrogen and oxygen atoms in total. The van der Waals surface area contributed by atoms with Crippen molar-refractivity contribution in [2.45, 2.75) is 76.5 Å². The molecule has 3 heterocycles. The maximum Gasteiger partial charge on any atom is 0.186 e. The van der Waals surface area contributed by atoms with Gasteiger partial charge >= 0.3 is 0 Å². The number of nitrogens with zero attached hydrogens (tertiary/aromatic N) is 2. The summed E-state index contributed by atoms with van der Waals surface area (Å²) in [7, 11) is 1.66. The second kappa shape index (κ2) is 13.5. The van der Waals surface area contributed by atoms with Crippen LogP contribution in [0.3, 0.4) is 0 Å². The van der Waals surface area contributed by atoms with Crippen molar-refractivity contribution >= 4 is 0 Å². The Morgan fingerprint density at radius 2 is 1.37 bits per heavy atom. The van der Waals surface area contributed by atoms with Crippen LogP contribution in [0.15, 0.2) is 91.0 Å². The molecule has 0 amide bonds. The summed E-state index contributed by atoms with van der Waals surface area (Å²) in [4.78, 5) is 5.26. The first-order valence-corrected chi connectivity index (χ1v) is 15.6. The SMILES string of the molecule is CO[C@@H]1O[C@H](CNCCCCCCn2c(-c3ccccc3)nc(-c3ccccc3)c2-c2ccccc2)[C@H]2OC(C)(C)O[C@@H]12. The maximum absolute atomic E-state index is 6.11. The molecule has 1 aromatic heterocycles. The Hall–Kier alpha value is -3.33. The van der Waals surface area contributed by atoms with Gasteiger partial charge < -0.3 is 28.8 Å². The van der Waals surface area contributed by atoms with Crippen molar-refractivity contribution in [1.82, 2.24) is 14.9 Å². The van der Waals surface area contributed by atoms with E-state index in [9.17, 15) is 0 Å². The Bertz CT molecular complexity index is 1440. The third-order valence-electron chi connectivity index (χ3n) is 8.26. The molecule has 6 rings (SSSR count). The quantitative estimate of drug-likeness (QED) is 0.173. The predicted molar refractivity (Wildman–Crippen MR) is 169 cm³/mol. The van der Waals surface area contributed by atoms with E-state index in [-0.39, 0.29) is 24.6 Å². The lowest BCUT2D eigenvalue weighted by Gasteiger charge is -2.23. The van der Waals surface area contributed by atoms with Gasteiger partial charge in [-0.05, 0) is 33.2 Å². The number of ether oxygens (including phenoxy) is 4. The molecule has 7 heteroatoms. The van der Waals surface area contributed by atoms with Crippen LogP contribution in [0.1, 0.15) is 39.5 Å². The zero-order valence-electron chi connectivity index (χ0n) is 25.4. The van der Waals surface area contributed by atoms with Crippen molar-refractivity contribution in [2.24, 2.45) is 0 Å². The van der Waals surface area contributed by atoms with E-state index in [2.05, 4.69) is 101 Å². The molecule has 2 aliphatic heterocycles. The van der Waals surface area contributed by atoms with Gasteiger partial charge in [-0.15, -0.1) is 0 Å². The molecule has 0 unspecified atom stereocenters. The van der Waals surface area contributed by atoms with Crippen LogP contribution >= 0.6 is 0 Å². The molecule has 0 radical (unpaired) electrons. The van der Waals surface area contributed by atoms with Gasteiger partial charge in [0.15, 0.2) is 12.1 Å². The maximum atomic E-state index is 6.11. The van der Waals surface area contributed by atoms with Crippen molar-refractivity contribution in [2.75, 3.05) is 20.2 Å². The van der Waals surface area contributed by atoms with Gasteiger partial charge in [0.05, 0.1) is 11.4 Å². The summed E-state index contributed by atoms with van der Waals surface area (Å²) in [6.07, 6.45) is 3.72. The van der Waals surface area contributed by atoms with E-state index < -0.39 is 5.79 Å². The lowest BCUT2D eigenvalue weighted by atomic mass is 10.0. The monoisotopic (exact) mass is 581 g/mol. The number of hydrogen-bond donors (Lipinski definition) is 1. The van der Waals surface area contributed by atoms with Crippen LogP contribution in [-0.2, 0) is 25.5 Å². The van der Waals surface area contributed by atoms with E-state index in [1.807, 2.05) is 13.8 Å². The molecular formula is C36H43N3O4. The molecule has 2 fully saturated rings. The zero-order chi connectivity index (χ0) is 29.6. The highest BCUT2D eigenvalue weighted by Gasteiger charge is 2.55. The minimum atomic E-state index is -0.605. The van der Waals surface area contributed by atoms with Crippen LogP contribution in [-0.4, -0.2) is 60.1 Å². The fourth-order valence-electron chi connectivity index (χ4n) is 6.28. The third-order valence-corrected chi connectivity index (χ3v) is 8.26. The first-order valence-electron chi connectivity index (χ1n) is 15.6. The highest BCUT2D eigenvalue weighted by Crippen LogP contribution is 2.39. The number of unbranched alkanes of at least 4 members (excludes halogenated alkanes) is 3. The lowest BCUT2D eigenvalue weighted by molar-refractivity contribution is -0.226. The molecule has 2 saturated heterocycles. The van der Waals surface area contributed by atoms with Crippen LogP contribution in [0.4, 0.5) is 0 Å². The van der Waals surface area contributed by atoms with Crippen molar-refractivity contribution < 1.29 is 18.9 Å². The van der Waals surface area contributed by atoms with Crippen molar-refractivity contribution in [3.8, 4) is 33.9 Å². The summed E-state index contributed by atoms with van der Waals surface area (Å²) in [5.74, 6) is 0.414. The number of hydrogen-bond acceptors (Lipinski definition) is 6. The molecule has 3 aromatic carbocycles. The highest BCUT2D eigenvalue weighted by atomic mass is 16.8. The Balaban J connectivity index is 1.08. The smallest absolute Gasteiger partial charge is 0.186 e. The van der Waals surface area contributed by atoms with Gasteiger partial charge in [0.25, 0.3) is 0 Å². The summed E-state index contributed by atoms with van der Waals surface area (Å²) in [5.41, 5.74) is 5.67. The number of fused-ring (bicyclic) bond motifs is 1. The number of nitrogens with one attached hydrogen (secondary N) is 1. The van der Waals surface area contributed by atoms with E-state index in [0.29, 0.717) is 0 Å². The lowest BCUT2D eigenvalue weighted by Crippen LogP contribution is -2.37. The van der Waals surface area contributed by atoms with E-state index in [0.717, 1.165) is 68.0 Å². The summed E-state index contributed by atoms with van der Waals surface area (Å²) in [6.45, 7) is 6.46. The third kappa shape index (κ3) is 6.77. The molecule has 0 spiro atoms. The summed E-state index contributed by atoms with van der Waals surface area (Å²) in [6, 6.07) is 31.7. The van der Waals surface area contributed by atoms with E-state index in [4.69, 9.17) is 23.9 Å². The second-order valence-electron chi connectivity index (χ2n) is 11.8. The Labute approximate surface area is 255 Å². The fraction of sp³-hybridized carbons (Fsp3) is 0.417. The van der Waals surface area contributed by atoms with Crippen LogP contribution in [0.5, 0.6) is 0 Å². The molecule has 4 atom stereocenters. The topological polar surface area (TPSA) is 66.8 Å². The highest BCUT2D eigenvalue weighted by molar-refractivity contribution is 5.82. The van der Waals surface area contributed by atoms with Crippen LogP contribution in [0.2, 0.25) is 0 Å². The molecule has 2 aliphatic rings. The van der Waals surface area contributed by atoms with Gasteiger partial charge in [0.1, 0.15) is 24.1 Å². The number of benzene rings is 3. The van der Waals surface area contributed by atoms with Crippen molar-refractivity contribution in [3.63, 3.8) is 0 Å². The first-order chi connectivity index (χ1) is 21.0. The summed E-state index contributed by atoms with van der Waals surface area (Å²) >= 11 is 0. The molecule has 43 heavy (non-hydrogen) atoms. The second-order valence-corrected chi connectivity index (χ2v) is 11.8. The molecule has 0 saturated carbocycles. The molecule has 0 aliphatic carbocycles. The summed E-state index contributed by atoms with van der Waals surface area (Å²) < 4.78 is 26.1. The Kier molecular flexibility index (Phi) is 9.36. The van der Waals surface area contributed by atoms with Gasteiger partial charge in [-0.3, -0.25) is 0 Å². The number of aromatic nitrogens is 2. The van der Waals surface area contributed by atoms with Gasteiger partial charge in [0.2, 0.25) is 0 Å². The van der Waals surface area contributed by atoms with E-state index in [1.165, 1.54) is 11.3 Å². The molecule has 0 bridgehead atoms.